The summed E-state index contributed by atoms with van der Waals surface area (Å²) in [4.78, 5) is 0. The van der Waals surface area contributed by atoms with Crippen molar-refractivity contribution in [1.29, 1.82) is 0 Å². The highest BCUT2D eigenvalue weighted by molar-refractivity contribution is 6.30. The molecule has 0 saturated carbocycles. The average Bonchev–Trinajstić information content (AvgIpc) is 2.66. The highest BCUT2D eigenvalue weighted by atomic mass is 35.5. The third kappa shape index (κ3) is 2.06. The van der Waals surface area contributed by atoms with Crippen molar-refractivity contribution in [3.8, 4) is 5.69 Å². The SMILES string of the molecule is CCc1nn(-c2ccccc2F)c(Cl)c1CO. The molecule has 0 unspecified atom stereocenters. The average molecular weight is 255 g/mol. The van der Waals surface area contributed by atoms with Gasteiger partial charge in [0.15, 0.2) is 0 Å². The molecule has 3 nitrogen and oxygen atoms in total. The third-order valence-electron chi connectivity index (χ3n) is 2.58. The second-order valence-electron chi connectivity index (χ2n) is 3.59. The van der Waals surface area contributed by atoms with E-state index in [9.17, 15) is 9.50 Å². The second-order valence-corrected chi connectivity index (χ2v) is 3.95. The maximum Gasteiger partial charge on any atom is 0.148 e. The van der Waals surface area contributed by atoms with Crippen LogP contribution in [-0.4, -0.2) is 14.9 Å². The molecule has 0 bridgehead atoms. The van der Waals surface area contributed by atoms with Crippen molar-refractivity contribution in [3.63, 3.8) is 0 Å². The van der Waals surface area contributed by atoms with Crippen LogP contribution in [0.15, 0.2) is 24.3 Å². The molecule has 0 fully saturated rings. The van der Waals surface area contributed by atoms with Gasteiger partial charge in [0.2, 0.25) is 0 Å². The number of halogens is 2. The lowest BCUT2D eigenvalue weighted by molar-refractivity contribution is 0.281. The molecular weight excluding hydrogens is 243 g/mol. The Morgan fingerprint density at radius 2 is 2.12 bits per heavy atom. The van der Waals surface area contributed by atoms with Crippen molar-refractivity contribution >= 4 is 11.6 Å². The Balaban J connectivity index is 2.61. The summed E-state index contributed by atoms with van der Waals surface area (Å²) in [5, 5.41) is 13.7. The van der Waals surface area contributed by atoms with E-state index in [1.54, 1.807) is 18.2 Å². The number of aryl methyl sites for hydroxylation is 1. The number of rotatable bonds is 3. The molecule has 17 heavy (non-hydrogen) atoms. The number of nitrogens with zero attached hydrogens (tertiary/aromatic N) is 2. The molecule has 0 saturated heterocycles. The monoisotopic (exact) mass is 254 g/mol. The number of benzene rings is 1. The molecule has 2 aromatic rings. The van der Waals surface area contributed by atoms with Crippen LogP contribution in [0.4, 0.5) is 4.39 Å². The zero-order valence-electron chi connectivity index (χ0n) is 9.32. The number of para-hydroxylation sites is 1. The molecule has 1 N–H and O–H groups in total. The van der Waals surface area contributed by atoms with E-state index in [4.69, 9.17) is 11.6 Å². The van der Waals surface area contributed by atoms with E-state index >= 15 is 0 Å². The summed E-state index contributed by atoms with van der Waals surface area (Å²) in [6.45, 7) is 1.71. The van der Waals surface area contributed by atoms with Crippen LogP contribution in [0.3, 0.4) is 0 Å². The molecule has 0 atom stereocenters. The number of aliphatic hydroxyl groups excluding tert-OH is 1. The minimum Gasteiger partial charge on any atom is -0.391 e. The first-order valence-electron chi connectivity index (χ1n) is 5.31. The Hall–Kier alpha value is -1.39. The largest absolute Gasteiger partial charge is 0.391 e. The summed E-state index contributed by atoms with van der Waals surface area (Å²) >= 11 is 6.09. The normalized spacial score (nSPS) is 10.8. The maximum atomic E-state index is 13.6. The minimum atomic E-state index is -0.399. The van der Waals surface area contributed by atoms with Crippen LogP contribution in [0.5, 0.6) is 0 Å². The van der Waals surface area contributed by atoms with Gasteiger partial charge in [-0.25, -0.2) is 9.07 Å². The fraction of sp³-hybridized carbons (Fsp3) is 0.250. The zero-order chi connectivity index (χ0) is 12.4. The molecular formula is C12H12ClFN2O. The van der Waals surface area contributed by atoms with E-state index < -0.39 is 5.82 Å². The van der Waals surface area contributed by atoms with Crippen LogP contribution in [-0.2, 0) is 13.0 Å². The smallest absolute Gasteiger partial charge is 0.148 e. The summed E-state index contributed by atoms with van der Waals surface area (Å²) in [6, 6.07) is 6.25. The Labute approximate surface area is 103 Å². The summed E-state index contributed by atoms with van der Waals surface area (Å²) in [7, 11) is 0. The summed E-state index contributed by atoms with van der Waals surface area (Å²) in [5.74, 6) is -0.399. The van der Waals surface area contributed by atoms with E-state index in [1.807, 2.05) is 6.92 Å². The molecule has 0 aliphatic heterocycles. The van der Waals surface area contributed by atoms with Crippen LogP contribution in [0.1, 0.15) is 18.2 Å². The minimum absolute atomic E-state index is 0.198. The quantitative estimate of drug-likeness (QED) is 0.915. The summed E-state index contributed by atoms with van der Waals surface area (Å²) in [5.41, 5.74) is 1.52. The van der Waals surface area contributed by atoms with Crippen molar-refractivity contribution in [2.45, 2.75) is 20.0 Å². The first-order valence-corrected chi connectivity index (χ1v) is 5.68. The van der Waals surface area contributed by atoms with E-state index in [1.165, 1.54) is 10.7 Å². The predicted molar refractivity (Wildman–Crippen MR) is 63.8 cm³/mol. The Bertz CT molecular complexity index is 539. The fourth-order valence-corrected chi connectivity index (χ4v) is 1.99. The molecule has 1 aromatic carbocycles. The number of hydrogen-bond acceptors (Lipinski definition) is 2. The van der Waals surface area contributed by atoms with Crippen molar-refractivity contribution in [3.05, 3.63) is 46.5 Å². The predicted octanol–water partition coefficient (Wildman–Crippen LogP) is 2.72. The van der Waals surface area contributed by atoms with Crippen LogP contribution >= 0.6 is 11.6 Å². The first kappa shape index (κ1) is 12.1. The topological polar surface area (TPSA) is 38.0 Å². The van der Waals surface area contributed by atoms with Gasteiger partial charge in [0.05, 0.1) is 12.3 Å². The zero-order valence-corrected chi connectivity index (χ0v) is 10.1. The lowest BCUT2D eigenvalue weighted by Crippen LogP contribution is -2.00. The Morgan fingerprint density at radius 3 is 2.65 bits per heavy atom. The maximum absolute atomic E-state index is 13.6. The number of aromatic nitrogens is 2. The van der Waals surface area contributed by atoms with Gasteiger partial charge < -0.3 is 5.11 Å². The van der Waals surface area contributed by atoms with Gasteiger partial charge >= 0.3 is 0 Å². The van der Waals surface area contributed by atoms with Gasteiger partial charge in [-0.1, -0.05) is 30.7 Å². The lowest BCUT2D eigenvalue weighted by atomic mass is 10.2. The van der Waals surface area contributed by atoms with Crippen molar-refractivity contribution in [2.24, 2.45) is 0 Å². The van der Waals surface area contributed by atoms with E-state index in [0.717, 1.165) is 0 Å². The second kappa shape index (κ2) is 4.85. The van der Waals surface area contributed by atoms with Crippen LogP contribution < -0.4 is 0 Å². The Kier molecular flexibility index (Phi) is 3.45. The van der Waals surface area contributed by atoms with Gasteiger partial charge in [-0.15, -0.1) is 0 Å². The standard InChI is InChI=1S/C12H12ClFN2O/c1-2-10-8(7-17)12(13)16(15-10)11-6-4-3-5-9(11)14/h3-6,17H,2,7H2,1H3. The third-order valence-corrected chi connectivity index (χ3v) is 2.97. The summed E-state index contributed by atoms with van der Waals surface area (Å²) < 4.78 is 14.9. The van der Waals surface area contributed by atoms with Crippen LogP contribution in [0.2, 0.25) is 5.15 Å². The van der Waals surface area contributed by atoms with Crippen LogP contribution in [0, 0.1) is 5.82 Å². The molecule has 0 aliphatic carbocycles. The summed E-state index contributed by atoms with van der Waals surface area (Å²) in [6.07, 6.45) is 0.636. The molecule has 5 heteroatoms. The van der Waals surface area contributed by atoms with Gasteiger partial charge in [-0.3, -0.25) is 0 Å². The van der Waals surface area contributed by atoms with Gasteiger partial charge in [0, 0.05) is 5.56 Å². The van der Waals surface area contributed by atoms with Crippen molar-refractivity contribution in [1.82, 2.24) is 9.78 Å². The molecule has 0 amide bonds. The van der Waals surface area contributed by atoms with E-state index in [2.05, 4.69) is 5.10 Å². The van der Waals surface area contributed by atoms with E-state index in [0.29, 0.717) is 17.7 Å². The highest BCUT2D eigenvalue weighted by Gasteiger charge is 2.17. The number of hydrogen-bond donors (Lipinski definition) is 1. The highest BCUT2D eigenvalue weighted by Crippen LogP contribution is 2.25. The van der Waals surface area contributed by atoms with Crippen LogP contribution in [0.25, 0.3) is 5.69 Å². The van der Waals surface area contributed by atoms with Gasteiger partial charge in [-0.2, -0.15) is 5.10 Å². The molecule has 0 radical (unpaired) electrons. The lowest BCUT2D eigenvalue weighted by Gasteiger charge is -2.04. The molecule has 0 aliphatic rings. The molecule has 90 valence electrons. The van der Waals surface area contributed by atoms with Gasteiger partial charge in [0.1, 0.15) is 16.7 Å². The van der Waals surface area contributed by atoms with E-state index in [-0.39, 0.29) is 17.4 Å². The Morgan fingerprint density at radius 1 is 1.41 bits per heavy atom. The number of aliphatic hydroxyl groups is 1. The van der Waals surface area contributed by atoms with Crippen molar-refractivity contribution < 1.29 is 9.50 Å². The molecule has 1 heterocycles. The van der Waals surface area contributed by atoms with Gasteiger partial charge in [-0.05, 0) is 18.6 Å². The van der Waals surface area contributed by atoms with Gasteiger partial charge in [0.25, 0.3) is 0 Å². The molecule has 2 rings (SSSR count). The molecule has 1 aromatic heterocycles. The molecule has 0 spiro atoms. The first-order chi connectivity index (χ1) is 8.19. The van der Waals surface area contributed by atoms with Crippen molar-refractivity contribution in [2.75, 3.05) is 0 Å². The fourth-order valence-electron chi connectivity index (χ4n) is 1.70.